The zero-order valence-electron chi connectivity index (χ0n) is 13.2. The van der Waals surface area contributed by atoms with Gasteiger partial charge in [0.1, 0.15) is 0 Å². The second-order valence-electron chi connectivity index (χ2n) is 5.75. The Labute approximate surface area is 127 Å². The number of thiophene rings is 1. The van der Waals surface area contributed by atoms with Crippen LogP contribution in [-0.4, -0.2) is 43.3 Å². The molecule has 0 radical (unpaired) electrons. The van der Waals surface area contributed by atoms with E-state index in [1.165, 1.54) is 9.75 Å². The molecular weight excluding hydrogens is 268 g/mol. The minimum atomic E-state index is 0.150. The fourth-order valence-corrected chi connectivity index (χ4v) is 4.22. The molecule has 0 bridgehead atoms. The summed E-state index contributed by atoms with van der Waals surface area (Å²) in [5.74, 6) is 0. The van der Waals surface area contributed by atoms with Crippen LogP contribution in [0.3, 0.4) is 0 Å². The van der Waals surface area contributed by atoms with Crippen LogP contribution in [0.25, 0.3) is 0 Å². The lowest BCUT2D eigenvalue weighted by Gasteiger charge is -2.47. The van der Waals surface area contributed by atoms with Gasteiger partial charge in [-0.3, -0.25) is 4.90 Å². The summed E-state index contributed by atoms with van der Waals surface area (Å²) in [6.07, 6.45) is 1.14. The van der Waals surface area contributed by atoms with Crippen molar-refractivity contribution in [2.45, 2.75) is 45.7 Å². The minimum absolute atomic E-state index is 0.150. The van der Waals surface area contributed by atoms with Crippen molar-refractivity contribution in [3.05, 3.63) is 21.9 Å². The maximum absolute atomic E-state index is 5.53. The molecule has 2 atom stereocenters. The SMILES string of the molecule is CCNC(c1ccc(C)s1)C(C)(CC)N1CCOCC1. The molecule has 0 aliphatic carbocycles. The van der Waals surface area contributed by atoms with Crippen LogP contribution in [0.5, 0.6) is 0 Å². The lowest BCUT2D eigenvalue weighted by atomic mass is 9.85. The maximum atomic E-state index is 5.53. The Hall–Kier alpha value is -0.420. The third-order valence-electron chi connectivity index (χ3n) is 4.53. The molecule has 1 saturated heterocycles. The average molecular weight is 296 g/mol. The predicted molar refractivity (Wildman–Crippen MR) is 86.6 cm³/mol. The van der Waals surface area contributed by atoms with Gasteiger partial charge in [-0.1, -0.05) is 13.8 Å². The third kappa shape index (κ3) is 3.25. The smallest absolute Gasteiger partial charge is 0.0599 e. The second kappa shape index (κ2) is 7.03. The molecule has 0 spiro atoms. The highest BCUT2D eigenvalue weighted by atomic mass is 32.1. The Balaban J connectivity index is 2.27. The fourth-order valence-electron chi connectivity index (χ4n) is 3.12. The quantitative estimate of drug-likeness (QED) is 0.872. The molecule has 2 heterocycles. The molecule has 4 heteroatoms. The van der Waals surface area contributed by atoms with Gasteiger partial charge in [0.15, 0.2) is 0 Å². The number of ether oxygens (including phenoxy) is 1. The van der Waals surface area contributed by atoms with Crippen molar-refractivity contribution in [3.8, 4) is 0 Å². The van der Waals surface area contributed by atoms with Gasteiger partial charge in [0.2, 0.25) is 0 Å². The third-order valence-corrected chi connectivity index (χ3v) is 5.59. The first-order valence-corrected chi connectivity index (χ1v) is 8.56. The van der Waals surface area contributed by atoms with Gasteiger partial charge in [-0.2, -0.15) is 0 Å². The van der Waals surface area contributed by atoms with Gasteiger partial charge < -0.3 is 10.1 Å². The van der Waals surface area contributed by atoms with Gasteiger partial charge in [0, 0.05) is 28.4 Å². The summed E-state index contributed by atoms with van der Waals surface area (Å²) in [6, 6.07) is 4.93. The van der Waals surface area contributed by atoms with Crippen molar-refractivity contribution in [1.29, 1.82) is 0 Å². The second-order valence-corrected chi connectivity index (χ2v) is 7.07. The number of nitrogens with zero attached hydrogens (tertiary/aromatic N) is 1. The molecule has 20 heavy (non-hydrogen) atoms. The Kier molecular flexibility index (Phi) is 5.61. The fraction of sp³-hybridized carbons (Fsp3) is 0.750. The minimum Gasteiger partial charge on any atom is -0.379 e. The molecule has 2 rings (SSSR count). The number of rotatable bonds is 6. The summed E-state index contributed by atoms with van der Waals surface area (Å²) in [7, 11) is 0. The number of morpholine rings is 1. The molecule has 1 aromatic rings. The van der Waals surface area contributed by atoms with E-state index in [4.69, 9.17) is 4.74 Å². The molecule has 0 aromatic carbocycles. The van der Waals surface area contributed by atoms with Crippen molar-refractivity contribution < 1.29 is 4.74 Å². The number of likely N-dealkylation sites (N-methyl/N-ethyl adjacent to an activating group) is 1. The van der Waals surface area contributed by atoms with Gasteiger partial charge in [0.05, 0.1) is 19.3 Å². The van der Waals surface area contributed by atoms with E-state index in [9.17, 15) is 0 Å². The van der Waals surface area contributed by atoms with E-state index in [0.29, 0.717) is 6.04 Å². The van der Waals surface area contributed by atoms with E-state index in [0.717, 1.165) is 39.3 Å². The monoisotopic (exact) mass is 296 g/mol. The van der Waals surface area contributed by atoms with E-state index in [-0.39, 0.29) is 5.54 Å². The number of hydrogen-bond donors (Lipinski definition) is 1. The maximum Gasteiger partial charge on any atom is 0.0599 e. The first-order valence-electron chi connectivity index (χ1n) is 7.74. The highest BCUT2D eigenvalue weighted by Gasteiger charge is 2.39. The van der Waals surface area contributed by atoms with Crippen LogP contribution in [0, 0.1) is 6.92 Å². The highest BCUT2D eigenvalue weighted by molar-refractivity contribution is 7.12. The molecular formula is C16H28N2OS. The molecule has 0 amide bonds. The Bertz CT molecular complexity index is 414. The molecule has 1 fully saturated rings. The largest absolute Gasteiger partial charge is 0.379 e. The van der Waals surface area contributed by atoms with Crippen molar-refractivity contribution in [1.82, 2.24) is 10.2 Å². The van der Waals surface area contributed by atoms with E-state index in [1.807, 2.05) is 11.3 Å². The van der Waals surface area contributed by atoms with Gasteiger partial charge in [-0.05, 0) is 38.9 Å². The number of nitrogens with one attached hydrogen (secondary N) is 1. The van der Waals surface area contributed by atoms with Crippen molar-refractivity contribution in [2.24, 2.45) is 0 Å². The van der Waals surface area contributed by atoms with E-state index in [2.05, 4.69) is 50.0 Å². The molecule has 1 aromatic heterocycles. The van der Waals surface area contributed by atoms with Crippen LogP contribution in [0.4, 0.5) is 0 Å². The molecule has 1 aliphatic heterocycles. The van der Waals surface area contributed by atoms with Crippen LogP contribution in [0.15, 0.2) is 12.1 Å². The molecule has 1 aliphatic rings. The first-order chi connectivity index (χ1) is 9.61. The standard InChI is InChI=1S/C16H28N2OS/c1-5-16(4,18-9-11-19-12-10-18)15(17-6-2)14-8-7-13(3)20-14/h7-8,15,17H,5-6,9-12H2,1-4H3. The van der Waals surface area contributed by atoms with E-state index >= 15 is 0 Å². The van der Waals surface area contributed by atoms with Gasteiger partial charge in [0.25, 0.3) is 0 Å². The van der Waals surface area contributed by atoms with Crippen LogP contribution < -0.4 is 5.32 Å². The van der Waals surface area contributed by atoms with Gasteiger partial charge in [-0.25, -0.2) is 0 Å². The number of aryl methyl sites for hydroxylation is 1. The topological polar surface area (TPSA) is 24.5 Å². The van der Waals surface area contributed by atoms with Crippen molar-refractivity contribution >= 4 is 11.3 Å². The molecule has 2 unspecified atom stereocenters. The van der Waals surface area contributed by atoms with E-state index < -0.39 is 0 Å². The summed E-state index contributed by atoms with van der Waals surface area (Å²) >= 11 is 1.92. The molecule has 3 nitrogen and oxygen atoms in total. The molecule has 1 N–H and O–H groups in total. The Morgan fingerprint density at radius 2 is 2.05 bits per heavy atom. The number of hydrogen-bond acceptors (Lipinski definition) is 4. The Morgan fingerprint density at radius 1 is 1.35 bits per heavy atom. The van der Waals surface area contributed by atoms with Crippen LogP contribution >= 0.6 is 11.3 Å². The lowest BCUT2D eigenvalue weighted by molar-refractivity contribution is -0.0322. The first kappa shape index (κ1) is 16.0. The summed E-state index contributed by atoms with van der Waals surface area (Å²) in [6.45, 7) is 13.9. The van der Waals surface area contributed by atoms with Crippen molar-refractivity contribution in [3.63, 3.8) is 0 Å². The zero-order valence-corrected chi connectivity index (χ0v) is 14.1. The molecule has 114 valence electrons. The Morgan fingerprint density at radius 3 is 2.55 bits per heavy atom. The van der Waals surface area contributed by atoms with Crippen molar-refractivity contribution in [2.75, 3.05) is 32.8 Å². The summed E-state index contributed by atoms with van der Waals surface area (Å²) in [5, 5.41) is 3.73. The summed E-state index contributed by atoms with van der Waals surface area (Å²) < 4.78 is 5.53. The zero-order chi connectivity index (χ0) is 14.6. The normalized spacial score (nSPS) is 21.6. The van der Waals surface area contributed by atoms with Crippen LogP contribution in [-0.2, 0) is 4.74 Å². The highest BCUT2D eigenvalue weighted by Crippen LogP contribution is 2.37. The van der Waals surface area contributed by atoms with Gasteiger partial charge in [-0.15, -0.1) is 11.3 Å². The molecule has 0 saturated carbocycles. The van der Waals surface area contributed by atoms with Crippen LogP contribution in [0.1, 0.15) is 43.0 Å². The predicted octanol–water partition coefficient (Wildman–Crippen LogP) is 3.21. The van der Waals surface area contributed by atoms with Gasteiger partial charge >= 0.3 is 0 Å². The van der Waals surface area contributed by atoms with Crippen LogP contribution in [0.2, 0.25) is 0 Å². The summed E-state index contributed by atoms with van der Waals surface area (Å²) in [5.41, 5.74) is 0.150. The summed E-state index contributed by atoms with van der Waals surface area (Å²) in [4.78, 5) is 5.46. The average Bonchev–Trinajstić information content (AvgIpc) is 2.91. The lowest BCUT2D eigenvalue weighted by Crippen LogP contribution is -2.57. The van der Waals surface area contributed by atoms with E-state index in [1.54, 1.807) is 0 Å².